The normalized spacial score (nSPS) is 17.3. The minimum absolute atomic E-state index is 0.690. The van der Waals surface area contributed by atoms with Crippen molar-refractivity contribution in [3.05, 3.63) is 29.8 Å². The maximum absolute atomic E-state index is 5.98. The van der Waals surface area contributed by atoms with Gasteiger partial charge in [0, 0.05) is 19.0 Å². The van der Waals surface area contributed by atoms with Crippen LogP contribution in [0.2, 0.25) is 19.6 Å². The maximum Gasteiger partial charge on any atom is 0.242 e. The van der Waals surface area contributed by atoms with Crippen LogP contribution >= 0.6 is 0 Å². The van der Waals surface area contributed by atoms with E-state index >= 15 is 0 Å². The van der Waals surface area contributed by atoms with Gasteiger partial charge in [-0.1, -0.05) is 12.1 Å². The fourth-order valence-corrected chi connectivity index (χ4v) is 2.54. The zero-order valence-electron chi connectivity index (χ0n) is 9.71. The molecule has 1 N–H and O–H groups in total. The smallest absolute Gasteiger partial charge is 0.242 e. The molecule has 1 fully saturated rings. The van der Waals surface area contributed by atoms with Crippen molar-refractivity contribution in [2.45, 2.75) is 25.6 Å². The first kappa shape index (κ1) is 10.7. The van der Waals surface area contributed by atoms with Gasteiger partial charge in [-0.2, -0.15) is 0 Å². The van der Waals surface area contributed by atoms with Crippen molar-refractivity contribution in [1.29, 1.82) is 0 Å². The average molecular weight is 221 g/mol. The molecule has 2 rings (SSSR count). The molecule has 0 radical (unpaired) electrons. The standard InChI is InChI=1S/C12H19NOSi/c1-15(2,3)14-12-6-4-5-10(7-12)11-8-13-9-11/h4-7,11,13H,8-9H2,1-3H3. The third kappa shape index (κ3) is 2.83. The summed E-state index contributed by atoms with van der Waals surface area (Å²) in [5.74, 6) is 1.73. The van der Waals surface area contributed by atoms with Crippen molar-refractivity contribution >= 4 is 8.32 Å². The van der Waals surface area contributed by atoms with Gasteiger partial charge < -0.3 is 9.74 Å². The van der Waals surface area contributed by atoms with E-state index in [9.17, 15) is 0 Å². The Hall–Kier alpha value is -0.803. The van der Waals surface area contributed by atoms with Gasteiger partial charge in [0.1, 0.15) is 5.75 Å². The van der Waals surface area contributed by atoms with Crippen molar-refractivity contribution < 1.29 is 4.43 Å². The van der Waals surface area contributed by atoms with E-state index in [0.717, 1.165) is 18.8 Å². The van der Waals surface area contributed by atoms with Crippen LogP contribution in [0.3, 0.4) is 0 Å². The molecule has 1 aliphatic rings. The molecule has 2 nitrogen and oxygen atoms in total. The Morgan fingerprint density at radius 1 is 1.27 bits per heavy atom. The lowest BCUT2D eigenvalue weighted by Gasteiger charge is -2.28. The molecule has 0 unspecified atom stereocenters. The van der Waals surface area contributed by atoms with Crippen LogP contribution in [0.1, 0.15) is 11.5 Å². The highest BCUT2D eigenvalue weighted by molar-refractivity contribution is 6.70. The number of hydrogen-bond acceptors (Lipinski definition) is 2. The summed E-state index contributed by atoms with van der Waals surface area (Å²) in [5, 5.41) is 3.30. The average Bonchev–Trinajstić information content (AvgIpc) is 1.97. The van der Waals surface area contributed by atoms with E-state index in [0.29, 0.717) is 5.92 Å². The second-order valence-electron chi connectivity index (χ2n) is 5.14. The van der Waals surface area contributed by atoms with Crippen molar-refractivity contribution in [2.24, 2.45) is 0 Å². The molecular weight excluding hydrogens is 202 g/mol. The number of hydrogen-bond donors (Lipinski definition) is 1. The Bertz CT molecular complexity index is 342. The molecule has 3 heteroatoms. The lowest BCUT2D eigenvalue weighted by Crippen LogP contribution is -2.39. The molecule has 0 aromatic heterocycles. The summed E-state index contributed by atoms with van der Waals surface area (Å²) in [7, 11) is -1.46. The fraction of sp³-hybridized carbons (Fsp3) is 0.500. The van der Waals surface area contributed by atoms with E-state index in [1.807, 2.05) is 0 Å². The van der Waals surface area contributed by atoms with Crippen molar-refractivity contribution in [3.63, 3.8) is 0 Å². The molecule has 0 saturated carbocycles. The predicted octanol–water partition coefficient (Wildman–Crippen LogP) is 2.59. The molecule has 15 heavy (non-hydrogen) atoms. The van der Waals surface area contributed by atoms with Gasteiger partial charge in [-0.15, -0.1) is 0 Å². The number of nitrogens with one attached hydrogen (secondary N) is 1. The van der Waals surface area contributed by atoms with Gasteiger partial charge in [-0.3, -0.25) is 0 Å². The summed E-state index contributed by atoms with van der Waals surface area (Å²) in [6.45, 7) is 8.85. The van der Waals surface area contributed by atoms with Crippen LogP contribution in [0.15, 0.2) is 24.3 Å². The van der Waals surface area contributed by atoms with E-state index in [2.05, 4.69) is 49.2 Å². The molecule has 0 aliphatic carbocycles. The van der Waals surface area contributed by atoms with Crippen LogP contribution in [-0.2, 0) is 0 Å². The largest absolute Gasteiger partial charge is 0.544 e. The van der Waals surface area contributed by atoms with Gasteiger partial charge in [0.15, 0.2) is 0 Å². The van der Waals surface area contributed by atoms with Crippen molar-refractivity contribution in [2.75, 3.05) is 13.1 Å². The second kappa shape index (κ2) is 3.98. The van der Waals surface area contributed by atoms with E-state index < -0.39 is 8.32 Å². The van der Waals surface area contributed by atoms with E-state index in [1.165, 1.54) is 5.56 Å². The Kier molecular flexibility index (Phi) is 2.84. The minimum Gasteiger partial charge on any atom is -0.544 e. The second-order valence-corrected chi connectivity index (χ2v) is 9.57. The monoisotopic (exact) mass is 221 g/mol. The highest BCUT2D eigenvalue weighted by atomic mass is 28.4. The van der Waals surface area contributed by atoms with Crippen LogP contribution < -0.4 is 9.74 Å². The topological polar surface area (TPSA) is 21.3 Å². The summed E-state index contributed by atoms with van der Waals surface area (Å²) in [5.41, 5.74) is 1.41. The van der Waals surface area contributed by atoms with Gasteiger partial charge in [0.25, 0.3) is 0 Å². The SMILES string of the molecule is C[Si](C)(C)Oc1cccc(C2CNC2)c1. The maximum atomic E-state index is 5.98. The van der Waals surface area contributed by atoms with Gasteiger partial charge in [0.2, 0.25) is 8.32 Å². The fourth-order valence-electron chi connectivity index (χ4n) is 1.71. The Labute approximate surface area is 92.8 Å². The number of rotatable bonds is 3. The molecule has 0 bridgehead atoms. The summed E-state index contributed by atoms with van der Waals surface area (Å²) in [6, 6.07) is 8.56. The van der Waals surface area contributed by atoms with Crippen LogP contribution in [0.5, 0.6) is 5.75 Å². The van der Waals surface area contributed by atoms with Crippen LogP contribution in [0.25, 0.3) is 0 Å². The van der Waals surface area contributed by atoms with Gasteiger partial charge in [-0.05, 0) is 37.3 Å². The number of benzene rings is 1. The molecule has 1 aromatic rings. The Balaban J connectivity index is 2.11. The quantitative estimate of drug-likeness (QED) is 0.792. The summed E-state index contributed by atoms with van der Waals surface area (Å²) >= 11 is 0. The van der Waals surface area contributed by atoms with Crippen molar-refractivity contribution in [3.8, 4) is 5.75 Å². The summed E-state index contributed by atoms with van der Waals surface area (Å²) in [4.78, 5) is 0. The third-order valence-corrected chi connectivity index (χ3v) is 3.38. The summed E-state index contributed by atoms with van der Waals surface area (Å²) < 4.78 is 5.98. The van der Waals surface area contributed by atoms with Crippen LogP contribution in [0, 0.1) is 0 Å². The van der Waals surface area contributed by atoms with E-state index in [-0.39, 0.29) is 0 Å². The molecule has 0 spiro atoms. The highest BCUT2D eigenvalue weighted by Crippen LogP contribution is 2.25. The predicted molar refractivity (Wildman–Crippen MR) is 66.0 cm³/mol. The highest BCUT2D eigenvalue weighted by Gasteiger charge is 2.20. The lowest BCUT2D eigenvalue weighted by molar-refractivity contribution is 0.446. The molecule has 82 valence electrons. The lowest BCUT2D eigenvalue weighted by atomic mass is 9.94. The van der Waals surface area contributed by atoms with E-state index in [4.69, 9.17) is 4.43 Å². The first-order valence-electron chi connectivity index (χ1n) is 5.54. The van der Waals surface area contributed by atoms with Gasteiger partial charge in [-0.25, -0.2) is 0 Å². The van der Waals surface area contributed by atoms with Gasteiger partial charge >= 0.3 is 0 Å². The molecule has 1 heterocycles. The first-order chi connectivity index (χ1) is 7.04. The Morgan fingerprint density at radius 3 is 2.53 bits per heavy atom. The summed E-state index contributed by atoms with van der Waals surface area (Å²) in [6.07, 6.45) is 0. The molecule has 1 aliphatic heterocycles. The first-order valence-corrected chi connectivity index (χ1v) is 8.95. The van der Waals surface area contributed by atoms with Crippen molar-refractivity contribution in [1.82, 2.24) is 5.32 Å². The molecule has 1 saturated heterocycles. The zero-order valence-corrected chi connectivity index (χ0v) is 10.7. The molecule has 0 atom stereocenters. The molecular formula is C12H19NOSi. The zero-order chi connectivity index (χ0) is 10.9. The van der Waals surface area contributed by atoms with Crippen LogP contribution in [0.4, 0.5) is 0 Å². The molecule has 1 aromatic carbocycles. The third-order valence-electron chi connectivity index (χ3n) is 2.54. The minimum atomic E-state index is -1.46. The molecule has 0 amide bonds. The Morgan fingerprint density at radius 2 is 2.00 bits per heavy atom. The van der Waals surface area contributed by atoms with E-state index in [1.54, 1.807) is 0 Å². The van der Waals surface area contributed by atoms with Gasteiger partial charge in [0.05, 0.1) is 0 Å². The van der Waals surface area contributed by atoms with Crippen LogP contribution in [-0.4, -0.2) is 21.4 Å².